The minimum absolute atomic E-state index is 0.715. The smallest absolute Gasteiger partial charge is 0.0107 e. The SMILES string of the molecule is CCCC(NCCN(C)C(C)CC)C1CC1. The highest BCUT2D eigenvalue weighted by molar-refractivity contribution is 4.86. The Morgan fingerprint density at radius 1 is 1.31 bits per heavy atom. The Morgan fingerprint density at radius 3 is 2.50 bits per heavy atom. The van der Waals surface area contributed by atoms with E-state index in [2.05, 4.69) is 38.0 Å². The number of hydrogen-bond donors (Lipinski definition) is 1. The second kappa shape index (κ2) is 7.29. The maximum absolute atomic E-state index is 3.75. The van der Waals surface area contributed by atoms with Gasteiger partial charge in [-0.15, -0.1) is 0 Å². The lowest BCUT2D eigenvalue weighted by molar-refractivity contribution is 0.245. The standard InChI is InChI=1S/C14H30N2/c1-5-7-14(13-8-9-13)15-10-11-16(4)12(3)6-2/h12-15H,5-11H2,1-4H3. The molecule has 0 aromatic carbocycles. The predicted molar refractivity (Wildman–Crippen MR) is 71.8 cm³/mol. The molecule has 2 atom stereocenters. The lowest BCUT2D eigenvalue weighted by Crippen LogP contribution is -2.39. The van der Waals surface area contributed by atoms with Crippen molar-refractivity contribution in [1.82, 2.24) is 10.2 Å². The van der Waals surface area contributed by atoms with Crippen LogP contribution in [-0.4, -0.2) is 37.1 Å². The van der Waals surface area contributed by atoms with E-state index in [9.17, 15) is 0 Å². The zero-order valence-corrected chi connectivity index (χ0v) is 11.6. The van der Waals surface area contributed by atoms with Crippen molar-refractivity contribution in [3.05, 3.63) is 0 Å². The summed E-state index contributed by atoms with van der Waals surface area (Å²) in [4.78, 5) is 2.46. The predicted octanol–water partition coefficient (Wildman–Crippen LogP) is 2.89. The Morgan fingerprint density at radius 2 is 2.00 bits per heavy atom. The summed E-state index contributed by atoms with van der Waals surface area (Å²) < 4.78 is 0. The van der Waals surface area contributed by atoms with Gasteiger partial charge < -0.3 is 10.2 Å². The quantitative estimate of drug-likeness (QED) is 0.650. The van der Waals surface area contributed by atoms with Crippen LogP contribution in [-0.2, 0) is 0 Å². The van der Waals surface area contributed by atoms with Gasteiger partial charge in [-0.2, -0.15) is 0 Å². The Labute approximate surface area is 102 Å². The molecular weight excluding hydrogens is 196 g/mol. The Kier molecular flexibility index (Phi) is 6.37. The summed E-state index contributed by atoms with van der Waals surface area (Å²) in [6.45, 7) is 9.20. The van der Waals surface area contributed by atoms with Gasteiger partial charge in [0.15, 0.2) is 0 Å². The molecule has 1 rings (SSSR count). The molecule has 1 aliphatic carbocycles. The van der Waals surface area contributed by atoms with E-state index in [1.54, 1.807) is 0 Å². The largest absolute Gasteiger partial charge is 0.312 e. The van der Waals surface area contributed by atoms with Gasteiger partial charge in [-0.1, -0.05) is 20.3 Å². The molecule has 1 saturated carbocycles. The summed E-state index contributed by atoms with van der Waals surface area (Å²) in [6, 6.07) is 1.52. The van der Waals surface area contributed by atoms with Gasteiger partial charge in [0.2, 0.25) is 0 Å². The molecule has 2 heteroatoms. The first-order valence-electron chi connectivity index (χ1n) is 7.12. The van der Waals surface area contributed by atoms with E-state index in [-0.39, 0.29) is 0 Å². The molecule has 0 heterocycles. The van der Waals surface area contributed by atoms with E-state index in [1.165, 1.54) is 38.6 Å². The molecule has 0 spiro atoms. The van der Waals surface area contributed by atoms with Gasteiger partial charge in [0, 0.05) is 25.2 Å². The van der Waals surface area contributed by atoms with E-state index in [0.29, 0.717) is 6.04 Å². The second-order valence-corrected chi connectivity index (χ2v) is 5.42. The molecule has 0 bridgehead atoms. The van der Waals surface area contributed by atoms with Crippen molar-refractivity contribution in [2.24, 2.45) is 5.92 Å². The van der Waals surface area contributed by atoms with E-state index in [4.69, 9.17) is 0 Å². The average Bonchev–Trinajstić information content (AvgIpc) is 3.10. The van der Waals surface area contributed by atoms with Gasteiger partial charge in [-0.3, -0.25) is 0 Å². The highest BCUT2D eigenvalue weighted by atomic mass is 15.1. The highest BCUT2D eigenvalue weighted by Gasteiger charge is 2.29. The van der Waals surface area contributed by atoms with Crippen molar-refractivity contribution in [3.8, 4) is 0 Å². The first-order chi connectivity index (χ1) is 7.69. The van der Waals surface area contributed by atoms with Crippen molar-refractivity contribution in [3.63, 3.8) is 0 Å². The molecule has 0 aliphatic heterocycles. The van der Waals surface area contributed by atoms with Crippen LogP contribution in [0.5, 0.6) is 0 Å². The number of nitrogens with one attached hydrogen (secondary N) is 1. The van der Waals surface area contributed by atoms with Crippen LogP contribution in [0.3, 0.4) is 0 Å². The molecule has 2 nitrogen and oxygen atoms in total. The topological polar surface area (TPSA) is 15.3 Å². The minimum atomic E-state index is 0.715. The van der Waals surface area contributed by atoms with Crippen molar-refractivity contribution in [2.45, 2.75) is 65.0 Å². The molecule has 96 valence electrons. The lowest BCUT2D eigenvalue weighted by Gasteiger charge is -2.25. The summed E-state index contributed by atoms with van der Waals surface area (Å²) >= 11 is 0. The fraction of sp³-hybridized carbons (Fsp3) is 1.00. The van der Waals surface area contributed by atoms with E-state index in [0.717, 1.165) is 18.5 Å². The van der Waals surface area contributed by atoms with Crippen molar-refractivity contribution >= 4 is 0 Å². The van der Waals surface area contributed by atoms with Gasteiger partial charge in [0.1, 0.15) is 0 Å². The van der Waals surface area contributed by atoms with E-state index >= 15 is 0 Å². The fourth-order valence-electron chi connectivity index (χ4n) is 2.27. The highest BCUT2D eigenvalue weighted by Crippen LogP contribution is 2.34. The third kappa shape index (κ3) is 4.84. The molecule has 16 heavy (non-hydrogen) atoms. The summed E-state index contributed by atoms with van der Waals surface area (Å²) in [5.41, 5.74) is 0. The number of hydrogen-bond acceptors (Lipinski definition) is 2. The molecule has 0 saturated heterocycles. The average molecular weight is 226 g/mol. The number of likely N-dealkylation sites (N-methyl/N-ethyl adjacent to an activating group) is 1. The molecule has 1 aliphatic rings. The third-order valence-electron chi connectivity index (χ3n) is 4.01. The molecule has 0 aromatic heterocycles. The summed E-state index contributed by atoms with van der Waals surface area (Å²) in [5, 5.41) is 3.75. The van der Waals surface area contributed by atoms with Crippen molar-refractivity contribution < 1.29 is 0 Å². The van der Waals surface area contributed by atoms with Crippen LogP contribution in [0.1, 0.15) is 52.9 Å². The van der Waals surface area contributed by atoms with Crippen molar-refractivity contribution in [2.75, 3.05) is 20.1 Å². The van der Waals surface area contributed by atoms with E-state index < -0.39 is 0 Å². The van der Waals surface area contributed by atoms with Crippen LogP contribution in [0.4, 0.5) is 0 Å². The fourth-order valence-corrected chi connectivity index (χ4v) is 2.27. The minimum Gasteiger partial charge on any atom is -0.312 e. The van der Waals surface area contributed by atoms with Crippen LogP contribution >= 0.6 is 0 Å². The van der Waals surface area contributed by atoms with Gasteiger partial charge in [-0.05, 0) is 45.6 Å². The summed E-state index contributed by atoms with van der Waals surface area (Å²) in [7, 11) is 2.24. The van der Waals surface area contributed by atoms with Crippen LogP contribution < -0.4 is 5.32 Å². The monoisotopic (exact) mass is 226 g/mol. The second-order valence-electron chi connectivity index (χ2n) is 5.42. The van der Waals surface area contributed by atoms with Gasteiger partial charge in [-0.25, -0.2) is 0 Å². The first kappa shape index (κ1) is 14.0. The zero-order chi connectivity index (χ0) is 12.0. The molecule has 1 fully saturated rings. The van der Waals surface area contributed by atoms with Crippen LogP contribution in [0, 0.1) is 5.92 Å². The zero-order valence-electron chi connectivity index (χ0n) is 11.6. The molecule has 0 amide bonds. The number of rotatable bonds is 9. The van der Waals surface area contributed by atoms with Gasteiger partial charge in [0.25, 0.3) is 0 Å². The molecule has 0 aromatic rings. The normalized spacial score (nSPS) is 20.1. The van der Waals surface area contributed by atoms with Gasteiger partial charge >= 0.3 is 0 Å². The molecule has 0 radical (unpaired) electrons. The van der Waals surface area contributed by atoms with Crippen LogP contribution in [0.15, 0.2) is 0 Å². The third-order valence-corrected chi connectivity index (χ3v) is 4.01. The summed E-state index contributed by atoms with van der Waals surface area (Å²) in [5.74, 6) is 0.994. The summed E-state index contributed by atoms with van der Waals surface area (Å²) in [6.07, 6.45) is 6.84. The first-order valence-corrected chi connectivity index (χ1v) is 7.12. The Balaban J connectivity index is 2.12. The van der Waals surface area contributed by atoms with Crippen LogP contribution in [0.25, 0.3) is 0 Å². The molecule has 2 unspecified atom stereocenters. The Hall–Kier alpha value is -0.0800. The van der Waals surface area contributed by atoms with Crippen molar-refractivity contribution in [1.29, 1.82) is 0 Å². The maximum atomic E-state index is 3.75. The maximum Gasteiger partial charge on any atom is 0.0107 e. The number of nitrogens with zero attached hydrogens (tertiary/aromatic N) is 1. The molecule has 1 N–H and O–H groups in total. The Bertz CT molecular complexity index is 178. The molecular formula is C14H30N2. The lowest BCUT2D eigenvalue weighted by atomic mass is 10.1. The van der Waals surface area contributed by atoms with Gasteiger partial charge in [0.05, 0.1) is 0 Å². The van der Waals surface area contributed by atoms with E-state index in [1.807, 2.05) is 0 Å². The van der Waals surface area contributed by atoms with Crippen LogP contribution in [0.2, 0.25) is 0 Å².